The standard InChI is InChI=1S/C43H25N3/c1-2-10-34-33(9-1)36-12-4-11-35-32(18-19-37(34)41(35)36)28-6-3-7-30(24-28)39-21-15-26-13-14-27-16-22-40(46-43(27)42(26)45-39)31-17-20-38-29(25-31)8-5-23-44-38/h1-25H. The Bertz CT molecular complexity index is 2680. The highest BCUT2D eigenvalue weighted by Crippen LogP contribution is 2.49. The van der Waals surface area contributed by atoms with Gasteiger partial charge in [-0.3, -0.25) is 4.98 Å². The van der Waals surface area contributed by atoms with Crippen molar-refractivity contribution >= 4 is 43.5 Å². The van der Waals surface area contributed by atoms with Crippen LogP contribution in [-0.2, 0) is 0 Å². The van der Waals surface area contributed by atoms with Gasteiger partial charge in [0.1, 0.15) is 0 Å². The quantitative estimate of drug-likeness (QED) is 0.194. The molecule has 0 saturated heterocycles. The molecule has 1 aliphatic rings. The van der Waals surface area contributed by atoms with Gasteiger partial charge in [0.05, 0.1) is 27.9 Å². The first-order valence-electron chi connectivity index (χ1n) is 15.6. The molecule has 3 heterocycles. The maximum Gasteiger partial charge on any atom is 0.0972 e. The lowest BCUT2D eigenvalue weighted by molar-refractivity contribution is 1.36. The molecular formula is C43H25N3. The third kappa shape index (κ3) is 3.75. The van der Waals surface area contributed by atoms with Gasteiger partial charge in [0.2, 0.25) is 0 Å². The number of nitrogens with zero attached hydrogens (tertiary/aromatic N) is 3. The minimum atomic E-state index is 0.909. The van der Waals surface area contributed by atoms with Crippen LogP contribution < -0.4 is 0 Å². The molecule has 0 bridgehead atoms. The number of hydrogen-bond donors (Lipinski definition) is 0. The maximum atomic E-state index is 5.25. The van der Waals surface area contributed by atoms with E-state index in [1.807, 2.05) is 12.3 Å². The average molecular weight is 584 g/mol. The summed E-state index contributed by atoms with van der Waals surface area (Å²) in [6.07, 6.45) is 1.83. The normalized spacial score (nSPS) is 11.9. The second kappa shape index (κ2) is 9.65. The lowest BCUT2D eigenvalue weighted by atomic mass is 9.93. The maximum absolute atomic E-state index is 5.25. The van der Waals surface area contributed by atoms with Crippen LogP contribution in [0.5, 0.6) is 0 Å². The van der Waals surface area contributed by atoms with E-state index < -0.39 is 0 Å². The van der Waals surface area contributed by atoms with Gasteiger partial charge in [-0.15, -0.1) is 0 Å². The molecule has 3 aromatic heterocycles. The molecule has 10 rings (SSSR count). The Labute approximate surface area is 265 Å². The second-order valence-electron chi connectivity index (χ2n) is 12.0. The number of hydrogen-bond acceptors (Lipinski definition) is 3. The molecule has 0 N–H and O–H groups in total. The molecule has 3 nitrogen and oxygen atoms in total. The molecule has 0 unspecified atom stereocenters. The van der Waals surface area contributed by atoms with E-state index in [4.69, 9.17) is 9.97 Å². The molecule has 0 atom stereocenters. The van der Waals surface area contributed by atoms with E-state index in [1.54, 1.807) is 0 Å². The van der Waals surface area contributed by atoms with Crippen LogP contribution in [0.2, 0.25) is 0 Å². The number of pyridine rings is 3. The molecule has 1 aliphatic carbocycles. The van der Waals surface area contributed by atoms with E-state index >= 15 is 0 Å². The van der Waals surface area contributed by atoms with Crippen molar-refractivity contribution in [3.63, 3.8) is 0 Å². The van der Waals surface area contributed by atoms with Crippen molar-refractivity contribution in [1.29, 1.82) is 0 Å². The number of rotatable bonds is 3. The van der Waals surface area contributed by atoms with Gasteiger partial charge in [0, 0.05) is 33.5 Å². The van der Waals surface area contributed by atoms with Crippen LogP contribution in [0.25, 0.3) is 99.4 Å². The fourth-order valence-electron chi connectivity index (χ4n) is 7.23. The predicted molar refractivity (Wildman–Crippen MR) is 191 cm³/mol. The summed E-state index contributed by atoms with van der Waals surface area (Å²) in [4.78, 5) is 14.9. The molecule has 0 saturated carbocycles. The Morgan fingerprint density at radius 3 is 1.78 bits per heavy atom. The Morgan fingerprint density at radius 2 is 1.00 bits per heavy atom. The van der Waals surface area contributed by atoms with Crippen molar-refractivity contribution in [3.05, 3.63) is 152 Å². The molecule has 0 radical (unpaired) electrons. The van der Waals surface area contributed by atoms with E-state index in [-0.39, 0.29) is 0 Å². The highest BCUT2D eigenvalue weighted by molar-refractivity contribution is 6.18. The molecule has 6 aromatic carbocycles. The molecule has 3 heteroatoms. The highest BCUT2D eigenvalue weighted by Gasteiger charge is 2.22. The summed E-state index contributed by atoms with van der Waals surface area (Å²) in [6, 6.07) is 51.9. The molecule has 0 aliphatic heterocycles. The van der Waals surface area contributed by atoms with Crippen LogP contribution in [0.15, 0.2) is 152 Å². The predicted octanol–water partition coefficient (Wildman–Crippen LogP) is 11.1. The lowest BCUT2D eigenvalue weighted by Gasteiger charge is -2.12. The molecular weight excluding hydrogens is 558 g/mol. The van der Waals surface area contributed by atoms with Crippen molar-refractivity contribution in [2.75, 3.05) is 0 Å². The van der Waals surface area contributed by atoms with Crippen molar-refractivity contribution in [2.24, 2.45) is 0 Å². The fraction of sp³-hybridized carbons (Fsp3) is 0. The smallest absolute Gasteiger partial charge is 0.0972 e. The first kappa shape index (κ1) is 25.2. The zero-order valence-electron chi connectivity index (χ0n) is 24.8. The Balaban J connectivity index is 1.10. The van der Waals surface area contributed by atoms with Crippen LogP contribution in [-0.4, -0.2) is 15.0 Å². The van der Waals surface area contributed by atoms with Crippen molar-refractivity contribution in [2.45, 2.75) is 0 Å². The average Bonchev–Trinajstić information content (AvgIpc) is 3.46. The number of benzene rings is 6. The highest BCUT2D eigenvalue weighted by atomic mass is 14.8. The second-order valence-corrected chi connectivity index (χ2v) is 12.0. The van der Waals surface area contributed by atoms with Gasteiger partial charge < -0.3 is 0 Å². The molecule has 9 aromatic rings. The van der Waals surface area contributed by atoms with Crippen molar-refractivity contribution in [1.82, 2.24) is 15.0 Å². The summed E-state index contributed by atoms with van der Waals surface area (Å²) in [5.41, 5.74) is 14.5. The molecule has 46 heavy (non-hydrogen) atoms. The Morgan fingerprint density at radius 1 is 0.370 bits per heavy atom. The topological polar surface area (TPSA) is 38.7 Å². The van der Waals surface area contributed by atoms with Gasteiger partial charge in [-0.1, -0.05) is 109 Å². The Hall–Kier alpha value is -6.19. The summed E-state index contributed by atoms with van der Waals surface area (Å²) in [5.74, 6) is 0. The molecule has 212 valence electrons. The lowest BCUT2D eigenvalue weighted by Crippen LogP contribution is -1.91. The first-order chi connectivity index (χ1) is 22.8. The third-order valence-electron chi connectivity index (χ3n) is 9.44. The van der Waals surface area contributed by atoms with Crippen LogP contribution in [0.4, 0.5) is 0 Å². The first-order valence-corrected chi connectivity index (χ1v) is 15.6. The largest absolute Gasteiger partial charge is 0.256 e. The monoisotopic (exact) mass is 583 g/mol. The summed E-state index contributed by atoms with van der Waals surface area (Å²) >= 11 is 0. The van der Waals surface area contributed by atoms with E-state index in [9.17, 15) is 0 Å². The van der Waals surface area contributed by atoms with Crippen LogP contribution >= 0.6 is 0 Å². The van der Waals surface area contributed by atoms with Crippen molar-refractivity contribution in [3.8, 4) is 55.9 Å². The summed E-state index contributed by atoms with van der Waals surface area (Å²) in [5, 5.41) is 5.87. The summed E-state index contributed by atoms with van der Waals surface area (Å²) in [7, 11) is 0. The van der Waals surface area contributed by atoms with Gasteiger partial charge in [0.25, 0.3) is 0 Å². The van der Waals surface area contributed by atoms with E-state index in [1.165, 1.54) is 44.2 Å². The van der Waals surface area contributed by atoms with Gasteiger partial charge in [-0.05, 0) is 80.6 Å². The van der Waals surface area contributed by atoms with Crippen LogP contribution in [0, 0.1) is 0 Å². The fourth-order valence-corrected chi connectivity index (χ4v) is 7.23. The molecule has 0 amide bonds. The zero-order chi connectivity index (χ0) is 30.2. The number of fused-ring (bicyclic) bond motifs is 7. The van der Waals surface area contributed by atoms with E-state index in [2.05, 4.69) is 145 Å². The zero-order valence-corrected chi connectivity index (χ0v) is 24.8. The van der Waals surface area contributed by atoms with E-state index in [0.717, 1.165) is 55.2 Å². The Kier molecular flexibility index (Phi) is 5.28. The summed E-state index contributed by atoms with van der Waals surface area (Å²) in [6.45, 7) is 0. The van der Waals surface area contributed by atoms with Gasteiger partial charge >= 0.3 is 0 Å². The van der Waals surface area contributed by atoms with Gasteiger partial charge in [-0.2, -0.15) is 0 Å². The summed E-state index contributed by atoms with van der Waals surface area (Å²) < 4.78 is 0. The minimum absolute atomic E-state index is 0.909. The van der Waals surface area contributed by atoms with Gasteiger partial charge in [-0.25, -0.2) is 9.97 Å². The third-order valence-corrected chi connectivity index (χ3v) is 9.44. The minimum Gasteiger partial charge on any atom is -0.256 e. The van der Waals surface area contributed by atoms with Crippen LogP contribution in [0.1, 0.15) is 0 Å². The molecule has 0 fully saturated rings. The van der Waals surface area contributed by atoms with E-state index in [0.29, 0.717) is 0 Å². The van der Waals surface area contributed by atoms with Crippen LogP contribution in [0.3, 0.4) is 0 Å². The number of aromatic nitrogens is 3. The SMILES string of the molecule is c1cc(-c2ccc3ccc4ccc(-c5ccc6ncccc6c5)nc4c3n2)cc(-c2ccc3c4c(cccc24)-c2ccccc2-3)c1. The van der Waals surface area contributed by atoms with Crippen molar-refractivity contribution < 1.29 is 0 Å². The van der Waals surface area contributed by atoms with Gasteiger partial charge in [0.15, 0.2) is 0 Å². The molecule has 0 spiro atoms.